The summed E-state index contributed by atoms with van der Waals surface area (Å²) in [6.45, 7) is 1.06. The Kier molecular flexibility index (Phi) is 8.31. The van der Waals surface area contributed by atoms with Crippen LogP contribution >= 0.6 is 11.8 Å². The molecule has 1 unspecified atom stereocenters. The number of thioether (sulfide) groups is 1. The third-order valence-electron chi connectivity index (χ3n) is 6.09. The van der Waals surface area contributed by atoms with Gasteiger partial charge in [0.25, 0.3) is 12.3 Å². The van der Waals surface area contributed by atoms with Crippen LogP contribution in [0.1, 0.15) is 28.8 Å². The van der Waals surface area contributed by atoms with Crippen LogP contribution in [-0.4, -0.2) is 78.2 Å². The fraction of sp³-hybridized carbons (Fsp3) is 0.400. The Morgan fingerprint density at radius 1 is 1.39 bits per heavy atom. The van der Waals surface area contributed by atoms with Crippen LogP contribution < -0.4 is 16.0 Å². The van der Waals surface area contributed by atoms with Crippen LogP contribution in [0.5, 0.6) is 0 Å². The highest BCUT2D eigenvalue weighted by molar-refractivity contribution is 8.26. The minimum atomic E-state index is -2.72. The first-order valence-electron chi connectivity index (χ1n) is 11.8. The van der Waals surface area contributed by atoms with Gasteiger partial charge in [-0.25, -0.2) is 13.8 Å². The standard InChI is InChI=1S/C25H27F2N7O3S/c1-33-7-8-34(13-22(33)35)21-10-15(16-9-18(23(26)27)30-12-19(16)37-2)17(11-31-21)24(36)32-25(29)38-20(28)6-5-14-3-4-14/h9-12,14,18,23,28,30H,3-4,7-8,13H2,1-2H3,(H2,29,32,36). The first-order chi connectivity index (χ1) is 18.2. The van der Waals surface area contributed by atoms with Gasteiger partial charge in [-0.15, -0.1) is 0 Å². The van der Waals surface area contributed by atoms with Gasteiger partial charge < -0.3 is 25.6 Å². The molecule has 2 amide bonds. The van der Waals surface area contributed by atoms with E-state index in [1.807, 2.05) is 0 Å². The Balaban J connectivity index is 1.70. The zero-order valence-corrected chi connectivity index (χ0v) is 21.6. The summed E-state index contributed by atoms with van der Waals surface area (Å²) in [5, 5.41) is 10.3. The maximum Gasteiger partial charge on any atom is 0.281 e. The number of amidine groups is 1. The minimum Gasteiger partial charge on any atom is -0.495 e. The van der Waals surface area contributed by atoms with Crippen molar-refractivity contribution in [2.24, 2.45) is 16.6 Å². The lowest BCUT2D eigenvalue weighted by Gasteiger charge is -2.33. The van der Waals surface area contributed by atoms with E-state index in [2.05, 4.69) is 27.1 Å². The molecular formula is C25H27F2N7O3S. The fourth-order valence-electron chi connectivity index (χ4n) is 3.77. The molecule has 13 heteroatoms. The summed E-state index contributed by atoms with van der Waals surface area (Å²) in [5.41, 5.74) is 6.40. The third-order valence-corrected chi connectivity index (χ3v) is 6.69. The van der Waals surface area contributed by atoms with Gasteiger partial charge in [-0.1, -0.05) is 5.92 Å². The lowest BCUT2D eigenvalue weighted by molar-refractivity contribution is -0.129. The molecule has 0 aromatic carbocycles. The summed E-state index contributed by atoms with van der Waals surface area (Å²) in [5.74, 6) is 5.69. The molecule has 2 aliphatic heterocycles. The summed E-state index contributed by atoms with van der Waals surface area (Å²) in [6.07, 6.45) is 3.17. The van der Waals surface area contributed by atoms with Crippen LogP contribution in [0.25, 0.3) is 5.57 Å². The number of halogens is 2. The number of carbonyl (C=O) groups is 2. The quantitative estimate of drug-likeness (QED) is 0.292. The van der Waals surface area contributed by atoms with Gasteiger partial charge in [-0.2, -0.15) is 4.99 Å². The number of dihydropyridines is 1. The molecule has 0 radical (unpaired) electrons. The van der Waals surface area contributed by atoms with E-state index >= 15 is 0 Å². The first-order valence-corrected chi connectivity index (χ1v) is 12.6. The van der Waals surface area contributed by atoms with Crippen LogP contribution in [0.2, 0.25) is 0 Å². The summed E-state index contributed by atoms with van der Waals surface area (Å²) >= 11 is 0.755. The van der Waals surface area contributed by atoms with Gasteiger partial charge in [0.15, 0.2) is 5.17 Å². The number of aliphatic imine (C=N–C) groups is 1. The summed E-state index contributed by atoms with van der Waals surface area (Å²) < 4.78 is 32.6. The topological polar surface area (TPSA) is 137 Å². The highest BCUT2D eigenvalue weighted by atomic mass is 32.2. The highest BCUT2D eigenvalue weighted by Gasteiger charge is 2.29. The molecule has 1 aliphatic carbocycles. The van der Waals surface area contributed by atoms with Crippen molar-refractivity contribution in [2.45, 2.75) is 25.3 Å². The van der Waals surface area contributed by atoms with E-state index in [0.29, 0.717) is 24.8 Å². The second kappa shape index (κ2) is 11.6. The van der Waals surface area contributed by atoms with Crippen molar-refractivity contribution in [2.75, 3.05) is 38.7 Å². The van der Waals surface area contributed by atoms with Crippen molar-refractivity contribution in [1.29, 1.82) is 5.41 Å². The van der Waals surface area contributed by atoms with Crippen LogP contribution in [0.4, 0.5) is 14.6 Å². The molecule has 2 fully saturated rings. The first kappa shape index (κ1) is 27.1. The second-order valence-corrected chi connectivity index (χ2v) is 9.91. The molecule has 1 atom stereocenters. The van der Waals surface area contributed by atoms with E-state index in [0.717, 1.165) is 24.6 Å². The van der Waals surface area contributed by atoms with E-state index in [9.17, 15) is 18.4 Å². The number of pyridine rings is 1. The van der Waals surface area contributed by atoms with Crippen LogP contribution in [0.15, 0.2) is 35.3 Å². The maximum atomic E-state index is 13.6. The number of hydrogen-bond donors (Lipinski definition) is 3. The number of likely N-dealkylation sites (N-methyl/N-ethyl adjacent to an activating group) is 1. The number of carbonyl (C=O) groups excluding carboxylic acids is 2. The predicted octanol–water partition coefficient (Wildman–Crippen LogP) is 2.05. The summed E-state index contributed by atoms with van der Waals surface area (Å²) in [6, 6.07) is 0.240. The molecular weight excluding hydrogens is 516 g/mol. The number of ether oxygens (including phenoxy) is 1. The number of hydrogen-bond acceptors (Lipinski definition) is 8. The SMILES string of the molecule is COC1=CNC(C(F)F)C=C1c1cc(N2CCN(C)C(=O)C2)ncc1C(=O)N=C(N)SC(=N)C#CC1CC1. The number of nitrogens with one attached hydrogen (secondary N) is 2. The van der Waals surface area contributed by atoms with Gasteiger partial charge in [0.05, 0.1) is 19.2 Å². The van der Waals surface area contributed by atoms with Gasteiger partial charge in [0, 0.05) is 49.6 Å². The molecule has 0 spiro atoms. The number of allylic oxidation sites excluding steroid dienone is 1. The molecule has 4 rings (SSSR count). The van der Waals surface area contributed by atoms with Gasteiger partial charge in [-0.3, -0.25) is 15.0 Å². The average Bonchev–Trinajstić information content (AvgIpc) is 3.73. The van der Waals surface area contributed by atoms with Crippen LogP contribution in [0.3, 0.4) is 0 Å². The number of rotatable bonds is 5. The van der Waals surface area contributed by atoms with Crippen molar-refractivity contribution < 1.29 is 23.1 Å². The second-order valence-electron chi connectivity index (χ2n) is 8.87. The normalized spacial score (nSPS) is 19.8. The van der Waals surface area contributed by atoms with E-state index < -0.39 is 18.4 Å². The Bertz CT molecular complexity index is 1300. The third kappa shape index (κ3) is 6.49. The predicted molar refractivity (Wildman–Crippen MR) is 142 cm³/mol. The van der Waals surface area contributed by atoms with Gasteiger partial charge in [0.2, 0.25) is 5.91 Å². The molecule has 3 heterocycles. The monoisotopic (exact) mass is 543 g/mol. The Labute approximate surface area is 222 Å². The molecule has 4 N–H and O–H groups in total. The number of piperazine rings is 1. The molecule has 3 aliphatic rings. The maximum absolute atomic E-state index is 13.6. The molecule has 38 heavy (non-hydrogen) atoms. The van der Waals surface area contributed by atoms with Crippen molar-refractivity contribution in [3.05, 3.63) is 41.4 Å². The van der Waals surface area contributed by atoms with E-state index in [1.54, 1.807) is 22.9 Å². The minimum absolute atomic E-state index is 0.00235. The van der Waals surface area contributed by atoms with E-state index in [1.165, 1.54) is 25.6 Å². The Morgan fingerprint density at radius 3 is 2.82 bits per heavy atom. The fourth-order valence-corrected chi connectivity index (χ4v) is 4.22. The van der Waals surface area contributed by atoms with Crippen molar-refractivity contribution in [1.82, 2.24) is 15.2 Å². The number of alkyl halides is 2. The molecule has 200 valence electrons. The highest BCUT2D eigenvalue weighted by Crippen LogP contribution is 2.33. The molecule has 10 nitrogen and oxygen atoms in total. The zero-order valence-electron chi connectivity index (χ0n) is 20.8. The number of methoxy groups -OCH3 is 1. The molecule has 1 aromatic heterocycles. The molecule has 1 aromatic rings. The molecule has 1 saturated heterocycles. The van der Waals surface area contributed by atoms with Crippen molar-refractivity contribution in [3.8, 4) is 11.8 Å². The molecule has 0 bridgehead atoms. The smallest absolute Gasteiger partial charge is 0.281 e. The van der Waals surface area contributed by atoms with E-state index in [-0.39, 0.29) is 45.1 Å². The van der Waals surface area contributed by atoms with Gasteiger partial charge in [-0.05, 0) is 42.7 Å². The number of anilines is 1. The van der Waals surface area contributed by atoms with E-state index in [4.69, 9.17) is 15.9 Å². The van der Waals surface area contributed by atoms with Gasteiger partial charge in [0.1, 0.15) is 22.7 Å². The number of aromatic nitrogens is 1. The summed E-state index contributed by atoms with van der Waals surface area (Å²) in [4.78, 5) is 37.1. The average molecular weight is 544 g/mol. The van der Waals surface area contributed by atoms with Crippen molar-refractivity contribution in [3.63, 3.8) is 0 Å². The van der Waals surface area contributed by atoms with Crippen LogP contribution in [-0.2, 0) is 9.53 Å². The Morgan fingerprint density at radius 2 is 2.16 bits per heavy atom. The molecule has 1 saturated carbocycles. The zero-order chi connectivity index (χ0) is 27.4. The van der Waals surface area contributed by atoms with Crippen molar-refractivity contribution >= 4 is 45.2 Å². The summed E-state index contributed by atoms with van der Waals surface area (Å²) in [7, 11) is 3.09. The largest absolute Gasteiger partial charge is 0.495 e. The van der Waals surface area contributed by atoms with Gasteiger partial charge >= 0.3 is 0 Å². The lowest BCUT2D eigenvalue weighted by Crippen LogP contribution is -2.48. The number of amides is 2. The number of nitrogens with two attached hydrogens (primary N) is 1. The number of nitrogens with zero attached hydrogens (tertiary/aromatic N) is 4. The lowest BCUT2D eigenvalue weighted by atomic mass is 9.95. The Hall–Kier alpha value is -3.92. The van der Waals surface area contributed by atoms with Crippen LogP contribution in [0, 0.1) is 23.2 Å².